The van der Waals surface area contributed by atoms with Gasteiger partial charge in [0.1, 0.15) is 0 Å². The van der Waals surface area contributed by atoms with Crippen LogP contribution >= 0.6 is 0 Å². The van der Waals surface area contributed by atoms with E-state index < -0.39 is 11.9 Å². The largest absolute Gasteiger partial charge is 0.481 e. The van der Waals surface area contributed by atoms with Gasteiger partial charge in [0.2, 0.25) is 0 Å². The fraction of sp³-hybridized carbons (Fsp3) is 0.857. The molecule has 0 saturated carbocycles. The van der Waals surface area contributed by atoms with Crippen molar-refractivity contribution in [3.63, 3.8) is 0 Å². The number of carboxylic acid groups (broad SMARTS) is 1. The van der Waals surface area contributed by atoms with Crippen molar-refractivity contribution < 1.29 is 14.7 Å². The Labute approximate surface area is 120 Å². The Morgan fingerprint density at radius 2 is 2.00 bits per heavy atom. The van der Waals surface area contributed by atoms with Gasteiger partial charge >= 0.3 is 12.0 Å². The van der Waals surface area contributed by atoms with Crippen LogP contribution in [-0.2, 0) is 4.79 Å². The molecule has 0 radical (unpaired) electrons. The second-order valence-corrected chi connectivity index (χ2v) is 5.54. The van der Waals surface area contributed by atoms with Crippen molar-refractivity contribution in [2.75, 3.05) is 26.2 Å². The summed E-state index contributed by atoms with van der Waals surface area (Å²) in [6, 6.07) is 0.0523. The van der Waals surface area contributed by atoms with Crippen LogP contribution in [0, 0.1) is 5.92 Å². The van der Waals surface area contributed by atoms with Gasteiger partial charge in [-0.1, -0.05) is 13.8 Å². The van der Waals surface area contributed by atoms with Crippen molar-refractivity contribution >= 4 is 12.0 Å². The van der Waals surface area contributed by atoms with E-state index in [2.05, 4.69) is 22.5 Å². The van der Waals surface area contributed by atoms with Crippen molar-refractivity contribution in [1.82, 2.24) is 15.5 Å². The molecule has 0 spiro atoms. The number of urea groups is 1. The van der Waals surface area contributed by atoms with Gasteiger partial charge in [0.25, 0.3) is 0 Å². The Morgan fingerprint density at radius 3 is 2.55 bits per heavy atom. The Morgan fingerprint density at radius 1 is 1.35 bits per heavy atom. The van der Waals surface area contributed by atoms with Crippen molar-refractivity contribution in [3.05, 3.63) is 0 Å². The maximum Gasteiger partial charge on any atom is 0.315 e. The average Bonchev–Trinajstić information content (AvgIpc) is 2.41. The lowest BCUT2D eigenvalue weighted by Crippen LogP contribution is -2.48. The molecule has 6 nitrogen and oxygen atoms in total. The monoisotopic (exact) mass is 285 g/mol. The fourth-order valence-corrected chi connectivity index (χ4v) is 2.38. The van der Waals surface area contributed by atoms with E-state index in [1.54, 1.807) is 6.92 Å². The third kappa shape index (κ3) is 6.23. The molecule has 1 aliphatic rings. The highest BCUT2D eigenvalue weighted by Gasteiger charge is 2.20. The Balaban J connectivity index is 2.12. The number of likely N-dealkylation sites (tertiary alicyclic amines) is 1. The van der Waals surface area contributed by atoms with E-state index in [1.165, 1.54) is 6.42 Å². The van der Waals surface area contributed by atoms with Gasteiger partial charge in [-0.05, 0) is 32.2 Å². The van der Waals surface area contributed by atoms with Crippen LogP contribution in [0.1, 0.15) is 39.5 Å². The minimum absolute atomic E-state index is 0.184. The molecule has 2 amide bonds. The molecule has 1 aliphatic heterocycles. The van der Waals surface area contributed by atoms with Gasteiger partial charge in [-0.15, -0.1) is 0 Å². The van der Waals surface area contributed by atoms with Crippen LogP contribution in [0.15, 0.2) is 0 Å². The second-order valence-electron chi connectivity index (χ2n) is 5.54. The molecule has 1 unspecified atom stereocenters. The van der Waals surface area contributed by atoms with Crippen molar-refractivity contribution in [1.29, 1.82) is 0 Å². The van der Waals surface area contributed by atoms with Crippen LogP contribution in [0.2, 0.25) is 0 Å². The van der Waals surface area contributed by atoms with Crippen LogP contribution in [0.25, 0.3) is 0 Å². The molecule has 1 heterocycles. The van der Waals surface area contributed by atoms with E-state index in [4.69, 9.17) is 5.11 Å². The van der Waals surface area contributed by atoms with Crippen molar-refractivity contribution in [2.24, 2.45) is 5.92 Å². The predicted molar refractivity (Wildman–Crippen MR) is 77.7 cm³/mol. The highest BCUT2D eigenvalue weighted by molar-refractivity contribution is 5.74. The molecule has 0 bridgehead atoms. The minimum Gasteiger partial charge on any atom is -0.481 e. The zero-order chi connectivity index (χ0) is 15.0. The summed E-state index contributed by atoms with van der Waals surface area (Å²) in [5.41, 5.74) is 0. The highest BCUT2D eigenvalue weighted by atomic mass is 16.4. The quantitative estimate of drug-likeness (QED) is 0.658. The lowest BCUT2D eigenvalue weighted by molar-refractivity contribution is -0.141. The molecule has 0 aliphatic carbocycles. The van der Waals surface area contributed by atoms with Gasteiger partial charge in [0, 0.05) is 25.7 Å². The second kappa shape index (κ2) is 8.79. The topological polar surface area (TPSA) is 81.7 Å². The maximum atomic E-state index is 11.7. The molecule has 1 atom stereocenters. The summed E-state index contributed by atoms with van der Waals surface area (Å²) in [6.07, 6.45) is 3.59. The van der Waals surface area contributed by atoms with Gasteiger partial charge < -0.3 is 20.6 Å². The number of carbonyl (C=O) groups is 2. The minimum atomic E-state index is -0.824. The van der Waals surface area contributed by atoms with Gasteiger partial charge in [0.15, 0.2) is 0 Å². The molecule has 0 aromatic rings. The van der Waals surface area contributed by atoms with Crippen LogP contribution < -0.4 is 10.6 Å². The molecule has 0 aromatic carbocycles. The van der Waals surface area contributed by atoms with Crippen LogP contribution in [0.3, 0.4) is 0 Å². The summed E-state index contributed by atoms with van der Waals surface area (Å²) in [5.74, 6) is -1.25. The zero-order valence-electron chi connectivity index (χ0n) is 12.5. The summed E-state index contributed by atoms with van der Waals surface area (Å²) >= 11 is 0. The first-order valence-corrected chi connectivity index (χ1v) is 7.52. The summed E-state index contributed by atoms with van der Waals surface area (Å²) < 4.78 is 0. The number of rotatable bonds is 7. The number of aliphatic carboxylic acids is 1. The van der Waals surface area contributed by atoms with E-state index in [0.29, 0.717) is 13.0 Å². The van der Waals surface area contributed by atoms with Gasteiger partial charge in [-0.3, -0.25) is 4.79 Å². The smallest absolute Gasteiger partial charge is 0.315 e. The van der Waals surface area contributed by atoms with Crippen molar-refractivity contribution in [3.8, 4) is 0 Å². The first-order chi connectivity index (χ1) is 9.52. The van der Waals surface area contributed by atoms with Gasteiger partial charge in [0.05, 0.1) is 5.92 Å². The molecule has 3 N–H and O–H groups in total. The van der Waals surface area contributed by atoms with E-state index in [-0.39, 0.29) is 12.1 Å². The van der Waals surface area contributed by atoms with Gasteiger partial charge in [-0.2, -0.15) is 0 Å². The predicted octanol–water partition coefficient (Wildman–Crippen LogP) is 1.27. The van der Waals surface area contributed by atoms with Gasteiger partial charge in [-0.25, -0.2) is 4.79 Å². The number of amides is 2. The normalized spacial score (nSPS) is 18.5. The number of nitrogens with one attached hydrogen (secondary N) is 2. The van der Waals surface area contributed by atoms with Crippen LogP contribution in [0.5, 0.6) is 0 Å². The fourth-order valence-electron chi connectivity index (χ4n) is 2.38. The molecule has 116 valence electrons. The Bertz CT molecular complexity index is 315. The molecule has 1 fully saturated rings. The molecule has 0 aromatic heterocycles. The highest BCUT2D eigenvalue weighted by Crippen LogP contribution is 2.10. The first-order valence-electron chi connectivity index (χ1n) is 7.52. The molecule has 1 rings (SSSR count). The molecule has 20 heavy (non-hydrogen) atoms. The SMILES string of the molecule is CCCN1CCC(NC(=O)NCCC(C)C(=O)O)CC1. The summed E-state index contributed by atoms with van der Waals surface area (Å²) in [4.78, 5) is 24.8. The van der Waals surface area contributed by atoms with Crippen molar-refractivity contribution in [2.45, 2.75) is 45.6 Å². The van der Waals surface area contributed by atoms with E-state index in [0.717, 1.165) is 32.5 Å². The number of piperidine rings is 1. The Kier molecular flexibility index (Phi) is 7.36. The Hall–Kier alpha value is -1.30. The third-order valence-electron chi connectivity index (χ3n) is 3.75. The maximum absolute atomic E-state index is 11.7. The lowest BCUT2D eigenvalue weighted by atomic mass is 10.1. The van der Waals surface area contributed by atoms with E-state index in [1.807, 2.05) is 0 Å². The summed E-state index contributed by atoms with van der Waals surface area (Å²) in [6.45, 7) is 7.42. The van der Waals surface area contributed by atoms with E-state index in [9.17, 15) is 9.59 Å². The van der Waals surface area contributed by atoms with Crippen LogP contribution in [0.4, 0.5) is 4.79 Å². The average molecular weight is 285 g/mol. The standard InChI is InChI=1S/C14H27N3O3/c1-3-8-17-9-5-12(6-10-17)16-14(20)15-7-4-11(2)13(18)19/h11-12H,3-10H2,1-2H3,(H,18,19)(H2,15,16,20). The first kappa shape index (κ1) is 16.8. The zero-order valence-corrected chi connectivity index (χ0v) is 12.5. The number of hydrogen-bond acceptors (Lipinski definition) is 3. The molecular weight excluding hydrogens is 258 g/mol. The number of nitrogens with zero attached hydrogens (tertiary/aromatic N) is 1. The summed E-state index contributed by atoms with van der Waals surface area (Å²) in [7, 11) is 0. The van der Waals surface area contributed by atoms with E-state index >= 15 is 0 Å². The summed E-state index contributed by atoms with van der Waals surface area (Å²) in [5, 5.41) is 14.4. The third-order valence-corrected chi connectivity index (χ3v) is 3.75. The molecule has 6 heteroatoms. The molecule has 1 saturated heterocycles. The number of carboxylic acids is 1. The number of carbonyl (C=O) groups excluding carboxylic acids is 1. The number of hydrogen-bond donors (Lipinski definition) is 3. The van der Waals surface area contributed by atoms with Crippen LogP contribution in [-0.4, -0.2) is 54.2 Å². The molecular formula is C14H27N3O3. The lowest BCUT2D eigenvalue weighted by Gasteiger charge is -2.32.